The fourth-order valence-corrected chi connectivity index (χ4v) is 0.824. The van der Waals surface area contributed by atoms with Crippen molar-refractivity contribution < 1.29 is 9.53 Å². The molecule has 0 radical (unpaired) electrons. The number of carbonyl (C=O) groups excluding carboxylic acids is 1. The van der Waals surface area contributed by atoms with Crippen LogP contribution in [0.15, 0.2) is 28.8 Å². The van der Waals surface area contributed by atoms with Crippen LogP contribution >= 0.6 is 0 Å². The minimum absolute atomic E-state index is 0.312. The molecule has 0 unspecified atom stereocenters. The molecule has 3 nitrogen and oxygen atoms in total. The van der Waals surface area contributed by atoms with Gasteiger partial charge in [-0.25, -0.2) is 4.79 Å². The molecular formula is C11H17NO2. The summed E-state index contributed by atoms with van der Waals surface area (Å²) in [6, 6.07) is 0. The summed E-state index contributed by atoms with van der Waals surface area (Å²) in [5.41, 5.74) is 0.520. The predicted octanol–water partition coefficient (Wildman–Crippen LogP) is 2.14. The molecule has 0 rings (SSSR count). The normalized spacial score (nSPS) is 12.6. The number of esters is 1. The van der Waals surface area contributed by atoms with Crippen molar-refractivity contribution in [1.29, 1.82) is 0 Å². The number of allylic oxidation sites excluding steroid dienone is 2. The maximum absolute atomic E-state index is 11.3. The van der Waals surface area contributed by atoms with Crippen LogP contribution in [0.25, 0.3) is 0 Å². The first-order chi connectivity index (χ1) is 6.76. The molecule has 14 heavy (non-hydrogen) atoms. The molecule has 0 amide bonds. The Balaban J connectivity index is 4.49. The SMILES string of the molecule is C\C=C/C(=C\C=N\CC)C(=O)OCC. The van der Waals surface area contributed by atoms with Crippen LogP contribution in [-0.4, -0.2) is 25.3 Å². The van der Waals surface area contributed by atoms with Crippen LogP contribution in [0.2, 0.25) is 0 Å². The van der Waals surface area contributed by atoms with E-state index in [4.69, 9.17) is 4.74 Å². The molecule has 3 heteroatoms. The number of rotatable bonds is 5. The van der Waals surface area contributed by atoms with Crippen LogP contribution < -0.4 is 0 Å². The molecule has 0 atom stereocenters. The van der Waals surface area contributed by atoms with Crippen molar-refractivity contribution in [3.05, 3.63) is 23.8 Å². The summed E-state index contributed by atoms with van der Waals surface area (Å²) < 4.78 is 4.87. The molecule has 0 aliphatic heterocycles. The predicted molar refractivity (Wildman–Crippen MR) is 58.6 cm³/mol. The lowest BCUT2D eigenvalue weighted by Gasteiger charge is -2.00. The monoisotopic (exact) mass is 195 g/mol. The molecule has 78 valence electrons. The Kier molecular flexibility index (Phi) is 7.42. The van der Waals surface area contributed by atoms with Gasteiger partial charge < -0.3 is 4.74 Å². The molecule has 0 heterocycles. The van der Waals surface area contributed by atoms with Gasteiger partial charge in [0, 0.05) is 12.8 Å². The number of hydrogen-bond donors (Lipinski definition) is 0. The van der Waals surface area contributed by atoms with Gasteiger partial charge in [-0.3, -0.25) is 4.99 Å². The van der Waals surface area contributed by atoms with Crippen LogP contribution in [0.3, 0.4) is 0 Å². The number of carbonyl (C=O) groups is 1. The quantitative estimate of drug-likeness (QED) is 0.292. The Morgan fingerprint density at radius 3 is 2.64 bits per heavy atom. The van der Waals surface area contributed by atoms with Gasteiger partial charge in [0.2, 0.25) is 0 Å². The highest BCUT2D eigenvalue weighted by Crippen LogP contribution is 1.99. The lowest BCUT2D eigenvalue weighted by Crippen LogP contribution is -2.06. The molecule has 0 saturated carbocycles. The molecular weight excluding hydrogens is 178 g/mol. The van der Waals surface area contributed by atoms with Crippen LogP contribution in [0.4, 0.5) is 0 Å². The summed E-state index contributed by atoms with van der Waals surface area (Å²) in [4.78, 5) is 15.3. The number of hydrogen-bond acceptors (Lipinski definition) is 3. The number of ether oxygens (including phenoxy) is 1. The summed E-state index contributed by atoms with van der Waals surface area (Å²) in [7, 11) is 0. The second kappa shape index (κ2) is 8.23. The van der Waals surface area contributed by atoms with E-state index in [9.17, 15) is 4.79 Å². The molecule has 0 aliphatic rings. The Morgan fingerprint density at radius 1 is 1.43 bits per heavy atom. The molecule has 0 aromatic rings. The first-order valence-corrected chi connectivity index (χ1v) is 4.76. The van der Waals surface area contributed by atoms with Crippen molar-refractivity contribution in [2.24, 2.45) is 4.99 Å². The molecule has 0 fully saturated rings. The van der Waals surface area contributed by atoms with Gasteiger partial charge in [-0.15, -0.1) is 0 Å². The van der Waals surface area contributed by atoms with Crippen molar-refractivity contribution in [1.82, 2.24) is 0 Å². The minimum Gasteiger partial charge on any atom is -0.462 e. The summed E-state index contributed by atoms with van der Waals surface area (Å²) in [6.45, 7) is 6.67. The van der Waals surface area contributed by atoms with Gasteiger partial charge in [0.1, 0.15) is 0 Å². The first kappa shape index (κ1) is 12.6. The maximum atomic E-state index is 11.3. The summed E-state index contributed by atoms with van der Waals surface area (Å²) >= 11 is 0. The van der Waals surface area contributed by atoms with Crippen LogP contribution in [-0.2, 0) is 9.53 Å². The van der Waals surface area contributed by atoms with Gasteiger partial charge in [0.15, 0.2) is 0 Å². The van der Waals surface area contributed by atoms with Gasteiger partial charge >= 0.3 is 5.97 Å². The Labute approximate surface area is 85.2 Å². The second-order valence-corrected chi connectivity index (χ2v) is 2.49. The summed E-state index contributed by atoms with van der Waals surface area (Å²) in [5, 5.41) is 0. The van der Waals surface area contributed by atoms with E-state index in [0.717, 1.165) is 0 Å². The van der Waals surface area contributed by atoms with E-state index in [1.807, 2.05) is 13.8 Å². The standard InChI is InChI=1S/C11H17NO2/c1-4-7-10(8-9-12-5-2)11(13)14-6-3/h4,7-9H,5-6H2,1-3H3/b7-4-,10-8+,12-9+. The molecule has 0 bridgehead atoms. The first-order valence-electron chi connectivity index (χ1n) is 4.76. The largest absolute Gasteiger partial charge is 0.462 e. The van der Waals surface area contributed by atoms with Crippen molar-refractivity contribution in [2.45, 2.75) is 20.8 Å². The molecule has 0 aromatic carbocycles. The number of nitrogens with zero attached hydrogens (tertiary/aromatic N) is 1. The van der Waals surface area contributed by atoms with E-state index in [1.54, 1.807) is 31.4 Å². The highest BCUT2D eigenvalue weighted by atomic mass is 16.5. The molecule has 0 aromatic heterocycles. The fraction of sp³-hybridized carbons (Fsp3) is 0.455. The molecule has 0 aliphatic carbocycles. The average molecular weight is 195 g/mol. The Morgan fingerprint density at radius 2 is 2.14 bits per heavy atom. The molecule has 0 spiro atoms. The van der Waals surface area contributed by atoms with E-state index in [1.165, 1.54) is 0 Å². The molecule has 0 saturated heterocycles. The minimum atomic E-state index is -0.312. The van der Waals surface area contributed by atoms with Crippen molar-refractivity contribution in [3.8, 4) is 0 Å². The highest BCUT2D eigenvalue weighted by molar-refractivity contribution is 5.96. The van der Waals surface area contributed by atoms with E-state index < -0.39 is 0 Å². The zero-order chi connectivity index (χ0) is 10.8. The third kappa shape index (κ3) is 5.30. The zero-order valence-electron chi connectivity index (χ0n) is 8.99. The third-order valence-corrected chi connectivity index (χ3v) is 1.40. The van der Waals surface area contributed by atoms with E-state index in [0.29, 0.717) is 18.7 Å². The zero-order valence-corrected chi connectivity index (χ0v) is 8.99. The van der Waals surface area contributed by atoms with Crippen molar-refractivity contribution in [3.63, 3.8) is 0 Å². The van der Waals surface area contributed by atoms with Gasteiger partial charge in [0.05, 0.1) is 12.2 Å². The van der Waals surface area contributed by atoms with E-state index in [-0.39, 0.29) is 5.97 Å². The van der Waals surface area contributed by atoms with E-state index >= 15 is 0 Å². The Hall–Kier alpha value is -1.38. The number of aliphatic imine (C=N–C) groups is 1. The lowest BCUT2D eigenvalue weighted by molar-refractivity contribution is -0.138. The Bertz CT molecular complexity index is 252. The third-order valence-electron chi connectivity index (χ3n) is 1.40. The van der Waals surface area contributed by atoms with Crippen molar-refractivity contribution in [2.75, 3.05) is 13.2 Å². The van der Waals surface area contributed by atoms with Crippen LogP contribution in [0, 0.1) is 0 Å². The smallest absolute Gasteiger partial charge is 0.338 e. The second-order valence-electron chi connectivity index (χ2n) is 2.49. The van der Waals surface area contributed by atoms with Crippen LogP contribution in [0.1, 0.15) is 20.8 Å². The lowest BCUT2D eigenvalue weighted by atomic mass is 10.2. The molecule has 0 N–H and O–H groups in total. The summed E-state index contributed by atoms with van der Waals surface area (Å²) in [5.74, 6) is -0.312. The topological polar surface area (TPSA) is 38.7 Å². The average Bonchev–Trinajstić information content (AvgIpc) is 2.17. The van der Waals surface area contributed by atoms with E-state index in [2.05, 4.69) is 4.99 Å². The maximum Gasteiger partial charge on any atom is 0.338 e. The van der Waals surface area contributed by atoms with Crippen molar-refractivity contribution >= 4 is 12.2 Å². The van der Waals surface area contributed by atoms with Gasteiger partial charge in [-0.05, 0) is 26.8 Å². The summed E-state index contributed by atoms with van der Waals surface area (Å²) in [6.07, 6.45) is 6.77. The highest BCUT2D eigenvalue weighted by Gasteiger charge is 2.04. The van der Waals surface area contributed by atoms with Crippen LogP contribution in [0.5, 0.6) is 0 Å². The fourth-order valence-electron chi connectivity index (χ4n) is 0.824. The van der Waals surface area contributed by atoms with Gasteiger partial charge in [0.25, 0.3) is 0 Å². The van der Waals surface area contributed by atoms with Gasteiger partial charge in [-0.1, -0.05) is 12.2 Å². The van der Waals surface area contributed by atoms with Gasteiger partial charge in [-0.2, -0.15) is 0 Å².